The highest BCUT2D eigenvalue weighted by molar-refractivity contribution is 8.01. The minimum Gasteiger partial charge on any atom is -0.325 e. The number of hydrogen-bond donors (Lipinski definition) is 2. The molecule has 0 spiro atoms. The van der Waals surface area contributed by atoms with Crippen LogP contribution in [0.15, 0.2) is 36.5 Å². The van der Waals surface area contributed by atoms with Gasteiger partial charge in [0.1, 0.15) is 5.82 Å². The molecule has 0 aliphatic heterocycles. The Morgan fingerprint density at radius 2 is 1.89 bits per heavy atom. The lowest BCUT2D eigenvalue weighted by Gasteiger charge is -2.16. The van der Waals surface area contributed by atoms with Crippen LogP contribution in [0.4, 0.5) is 11.5 Å². The van der Waals surface area contributed by atoms with Gasteiger partial charge in [0.15, 0.2) is 0 Å². The first-order valence-electron chi connectivity index (χ1n) is 9.35. The van der Waals surface area contributed by atoms with Gasteiger partial charge in [-0.15, -0.1) is 11.8 Å². The minimum absolute atomic E-state index is 0.108. The van der Waals surface area contributed by atoms with Gasteiger partial charge < -0.3 is 10.6 Å². The molecular weight excluding hydrogens is 360 g/mol. The maximum absolute atomic E-state index is 12.5. The monoisotopic (exact) mass is 386 g/mol. The first-order valence-corrected chi connectivity index (χ1v) is 10.4. The zero-order valence-corrected chi connectivity index (χ0v) is 16.6. The zero-order valence-electron chi connectivity index (χ0n) is 15.8. The van der Waals surface area contributed by atoms with Crippen LogP contribution in [0.25, 0.3) is 0 Å². The van der Waals surface area contributed by atoms with Crippen molar-refractivity contribution in [1.82, 2.24) is 9.78 Å². The number of carbonyl (C=O) groups is 2. The highest BCUT2D eigenvalue weighted by atomic mass is 32.2. The smallest absolute Gasteiger partial charge is 0.238 e. The molecule has 0 saturated heterocycles. The molecule has 1 aromatic heterocycles. The van der Waals surface area contributed by atoms with Gasteiger partial charge in [-0.25, -0.2) is 4.68 Å². The quantitative estimate of drug-likeness (QED) is 0.754. The largest absolute Gasteiger partial charge is 0.325 e. The molecule has 1 aliphatic rings. The van der Waals surface area contributed by atoms with Crippen molar-refractivity contribution in [3.8, 4) is 0 Å². The van der Waals surface area contributed by atoms with Gasteiger partial charge in [-0.3, -0.25) is 9.59 Å². The van der Waals surface area contributed by atoms with Gasteiger partial charge in [-0.1, -0.05) is 30.5 Å². The van der Waals surface area contributed by atoms with Crippen LogP contribution in [0, 0.1) is 6.92 Å². The molecule has 0 bridgehead atoms. The molecule has 2 N–H and O–H groups in total. The average molecular weight is 387 g/mol. The number of thioether (sulfide) groups is 1. The molecular formula is C20H26N4O2S. The molecule has 0 radical (unpaired) electrons. The SMILES string of the molecule is Cc1ccc(NC(=O)CSC(C)C(=O)Nc2ccnn2C2CCCC2)cc1. The number of anilines is 2. The van der Waals surface area contributed by atoms with Crippen LogP contribution in [-0.2, 0) is 9.59 Å². The Balaban J connectivity index is 1.47. The van der Waals surface area contributed by atoms with E-state index < -0.39 is 0 Å². The van der Waals surface area contributed by atoms with Crippen LogP contribution in [-0.4, -0.2) is 32.6 Å². The fourth-order valence-electron chi connectivity index (χ4n) is 3.19. The van der Waals surface area contributed by atoms with Gasteiger partial charge in [-0.05, 0) is 38.8 Å². The Labute approximate surface area is 164 Å². The molecule has 2 amide bonds. The van der Waals surface area contributed by atoms with Crippen molar-refractivity contribution in [2.45, 2.75) is 50.8 Å². The Morgan fingerprint density at radius 1 is 1.19 bits per heavy atom. The van der Waals surface area contributed by atoms with Crippen LogP contribution >= 0.6 is 11.8 Å². The van der Waals surface area contributed by atoms with E-state index in [-0.39, 0.29) is 22.8 Å². The maximum atomic E-state index is 12.5. The van der Waals surface area contributed by atoms with Crippen molar-refractivity contribution in [2.75, 3.05) is 16.4 Å². The molecule has 1 fully saturated rings. The fraction of sp³-hybridized carbons (Fsp3) is 0.450. The molecule has 1 atom stereocenters. The number of benzene rings is 1. The molecule has 3 rings (SSSR count). The van der Waals surface area contributed by atoms with E-state index in [0.29, 0.717) is 6.04 Å². The highest BCUT2D eigenvalue weighted by Gasteiger charge is 2.22. The Bertz CT molecular complexity index is 782. The summed E-state index contributed by atoms with van der Waals surface area (Å²) in [4.78, 5) is 24.6. The minimum atomic E-state index is -0.333. The van der Waals surface area contributed by atoms with Crippen molar-refractivity contribution in [3.05, 3.63) is 42.1 Å². The Morgan fingerprint density at radius 3 is 2.59 bits per heavy atom. The van der Waals surface area contributed by atoms with Crippen molar-refractivity contribution < 1.29 is 9.59 Å². The molecule has 7 heteroatoms. The van der Waals surface area contributed by atoms with E-state index in [4.69, 9.17) is 0 Å². The van der Waals surface area contributed by atoms with Gasteiger partial charge in [0.05, 0.1) is 23.2 Å². The zero-order chi connectivity index (χ0) is 19.2. The summed E-state index contributed by atoms with van der Waals surface area (Å²) in [6.07, 6.45) is 6.35. The number of nitrogens with one attached hydrogen (secondary N) is 2. The van der Waals surface area contributed by atoms with E-state index in [1.54, 1.807) is 6.20 Å². The molecule has 144 valence electrons. The lowest BCUT2D eigenvalue weighted by molar-refractivity contribution is -0.115. The van der Waals surface area contributed by atoms with Crippen LogP contribution < -0.4 is 10.6 Å². The summed E-state index contributed by atoms with van der Waals surface area (Å²) in [5.74, 6) is 0.746. The number of amides is 2. The Hall–Kier alpha value is -2.28. The fourth-order valence-corrected chi connectivity index (χ4v) is 3.88. The molecule has 1 aromatic carbocycles. The summed E-state index contributed by atoms with van der Waals surface area (Å²) in [6.45, 7) is 3.82. The van der Waals surface area contributed by atoms with E-state index in [2.05, 4.69) is 15.7 Å². The van der Waals surface area contributed by atoms with Crippen molar-refractivity contribution in [1.29, 1.82) is 0 Å². The van der Waals surface area contributed by atoms with Crippen LogP contribution in [0.3, 0.4) is 0 Å². The first kappa shape index (κ1) is 19.5. The van der Waals surface area contributed by atoms with Gasteiger partial charge in [-0.2, -0.15) is 5.10 Å². The molecule has 2 aromatic rings. The lowest BCUT2D eigenvalue weighted by atomic mass is 10.2. The third-order valence-electron chi connectivity index (χ3n) is 4.76. The number of hydrogen-bond acceptors (Lipinski definition) is 4. The number of aryl methyl sites for hydroxylation is 1. The average Bonchev–Trinajstić information content (AvgIpc) is 3.33. The molecule has 1 heterocycles. The van der Waals surface area contributed by atoms with Crippen molar-refractivity contribution >= 4 is 35.1 Å². The summed E-state index contributed by atoms with van der Waals surface area (Å²) in [7, 11) is 0. The van der Waals surface area contributed by atoms with Crippen molar-refractivity contribution in [3.63, 3.8) is 0 Å². The molecule has 6 nitrogen and oxygen atoms in total. The normalized spacial score (nSPS) is 15.5. The van der Waals surface area contributed by atoms with E-state index >= 15 is 0 Å². The summed E-state index contributed by atoms with van der Waals surface area (Å²) in [5, 5.41) is 9.84. The van der Waals surface area contributed by atoms with Gasteiger partial charge in [0.25, 0.3) is 0 Å². The number of nitrogens with zero attached hydrogens (tertiary/aromatic N) is 2. The number of rotatable bonds is 7. The maximum Gasteiger partial charge on any atom is 0.238 e. The first-order chi connectivity index (χ1) is 13.0. The van der Waals surface area contributed by atoms with Crippen LogP contribution in [0.2, 0.25) is 0 Å². The second-order valence-electron chi connectivity index (χ2n) is 6.96. The standard InChI is InChI=1S/C20H26N4O2S/c1-14-7-9-16(10-8-14)22-19(25)13-27-15(2)20(26)23-18-11-12-21-24(18)17-5-3-4-6-17/h7-12,15,17H,3-6,13H2,1-2H3,(H,22,25)(H,23,26). The summed E-state index contributed by atoms with van der Waals surface area (Å²) < 4.78 is 1.92. The third-order valence-corrected chi connectivity index (χ3v) is 5.90. The van der Waals surface area contributed by atoms with E-state index in [0.717, 1.165) is 29.9 Å². The predicted octanol–water partition coefficient (Wildman–Crippen LogP) is 4.01. The van der Waals surface area contributed by atoms with Crippen LogP contribution in [0.5, 0.6) is 0 Å². The molecule has 27 heavy (non-hydrogen) atoms. The number of aromatic nitrogens is 2. The second kappa shape index (κ2) is 9.08. The van der Waals surface area contributed by atoms with Gasteiger partial charge in [0, 0.05) is 11.8 Å². The highest BCUT2D eigenvalue weighted by Crippen LogP contribution is 2.31. The Kier molecular flexibility index (Phi) is 6.55. The molecule has 1 aliphatic carbocycles. The lowest BCUT2D eigenvalue weighted by Crippen LogP contribution is -2.26. The van der Waals surface area contributed by atoms with Crippen molar-refractivity contribution in [2.24, 2.45) is 0 Å². The number of carbonyl (C=O) groups excluding carboxylic acids is 2. The van der Waals surface area contributed by atoms with Crippen LogP contribution in [0.1, 0.15) is 44.2 Å². The van der Waals surface area contributed by atoms with E-state index in [1.165, 1.54) is 24.6 Å². The summed E-state index contributed by atoms with van der Waals surface area (Å²) in [5.41, 5.74) is 1.91. The topological polar surface area (TPSA) is 76.0 Å². The predicted molar refractivity (Wildman–Crippen MR) is 110 cm³/mol. The van der Waals surface area contributed by atoms with E-state index in [9.17, 15) is 9.59 Å². The molecule has 1 saturated carbocycles. The van der Waals surface area contributed by atoms with Gasteiger partial charge in [0.2, 0.25) is 11.8 Å². The second-order valence-corrected chi connectivity index (χ2v) is 8.29. The third kappa shape index (κ3) is 5.35. The summed E-state index contributed by atoms with van der Waals surface area (Å²) >= 11 is 1.32. The summed E-state index contributed by atoms with van der Waals surface area (Å²) in [6, 6.07) is 9.85. The molecule has 1 unspecified atom stereocenters. The van der Waals surface area contributed by atoms with E-state index in [1.807, 2.05) is 48.9 Å². The van der Waals surface area contributed by atoms with Gasteiger partial charge >= 0.3 is 0 Å².